The summed E-state index contributed by atoms with van der Waals surface area (Å²) in [6.07, 6.45) is -0.232. The van der Waals surface area contributed by atoms with Gasteiger partial charge in [0.25, 0.3) is 5.91 Å². The second kappa shape index (κ2) is 11.0. The van der Waals surface area contributed by atoms with E-state index in [9.17, 15) is 9.18 Å². The van der Waals surface area contributed by atoms with Crippen molar-refractivity contribution in [3.8, 4) is 5.75 Å². The zero-order valence-corrected chi connectivity index (χ0v) is 17.6. The Labute approximate surface area is 175 Å². The molecule has 0 radical (unpaired) electrons. The van der Waals surface area contributed by atoms with Crippen molar-refractivity contribution in [1.29, 1.82) is 0 Å². The van der Waals surface area contributed by atoms with Gasteiger partial charge in [0, 0.05) is 32.8 Å². The van der Waals surface area contributed by atoms with Gasteiger partial charge in [-0.05, 0) is 37.7 Å². The van der Waals surface area contributed by atoms with Crippen LogP contribution in [0.1, 0.15) is 22.8 Å². The fourth-order valence-corrected chi connectivity index (χ4v) is 3.02. The number of hydrogen-bond donors (Lipinski definition) is 2. The molecule has 8 heteroatoms. The lowest BCUT2D eigenvalue weighted by atomic mass is 10.1. The number of ether oxygens (including phenoxy) is 2. The summed E-state index contributed by atoms with van der Waals surface area (Å²) in [6.45, 7) is 3.74. The number of carbonyl (C=O) groups excluding carboxylic acids is 1. The number of likely N-dealkylation sites (N-methyl/N-ethyl adjacent to an activating group) is 1. The molecule has 0 heterocycles. The summed E-state index contributed by atoms with van der Waals surface area (Å²) in [7, 11) is 3.53. The van der Waals surface area contributed by atoms with Crippen molar-refractivity contribution >= 4 is 23.2 Å². The van der Waals surface area contributed by atoms with Gasteiger partial charge < -0.3 is 20.5 Å². The molecule has 0 aromatic heterocycles. The lowest BCUT2D eigenvalue weighted by Gasteiger charge is -2.23. The molecule has 1 atom stereocenters. The molecule has 0 fully saturated rings. The number of nitrogen functional groups attached to an aromatic ring is 1. The topological polar surface area (TPSA) is 76.8 Å². The van der Waals surface area contributed by atoms with E-state index in [0.717, 1.165) is 5.56 Å². The van der Waals surface area contributed by atoms with Crippen LogP contribution >= 0.6 is 11.6 Å². The Hall–Kier alpha value is -2.35. The van der Waals surface area contributed by atoms with Crippen LogP contribution in [0.4, 0.5) is 10.1 Å². The molecule has 29 heavy (non-hydrogen) atoms. The van der Waals surface area contributed by atoms with Gasteiger partial charge in [-0.3, -0.25) is 9.69 Å². The van der Waals surface area contributed by atoms with E-state index in [0.29, 0.717) is 48.3 Å². The summed E-state index contributed by atoms with van der Waals surface area (Å²) in [5.74, 6) is -0.198. The molecule has 158 valence electrons. The molecule has 0 spiro atoms. The van der Waals surface area contributed by atoms with Crippen molar-refractivity contribution < 1.29 is 18.7 Å². The van der Waals surface area contributed by atoms with E-state index >= 15 is 0 Å². The van der Waals surface area contributed by atoms with Crippen molar-refractivity contribution in [1.82, 2.24) is 10.2 Å². The minimum absolute atomic E-state index is 0.232. The average Bonchev–Trinajstić information content (AvgIpc) is 2.69. The van der Waals surface area contributed by atoms with E-state index in [2.05, 4.69) is 5.32 Å². The van der Waals surface area contributed by atoms with Gasteiger partial charge in [0.2, 0.25) is 0 Å². The number of nitrogens with zero attached hydrogens (tertiary/aromatic N) is 1. The lowest BCUT2D eigenvalue weighted by Crippen LogP contribution is -2.40. The van der Waals surface area contributed by atoms with Crippen LogP contribution in [0.15, 0.2) is 36.4 Å². The minimum atomic E-state index is -0.321. The van der Waals surface area contributed by atoms with E-state index < -0.39 is 0 Å². The summed E-state index contributed by atoms with van der Waals surface area (Å²) < 4.78 is 24.0. The Morgan fingerprint density at radius 3 is 2.62 bits per heavy atom. The van der Waals surface area contributed by atoms with Crippen LogP contribution in [0.3, 0.4) is 0 Å². The van der Waals surface area contributed by atoms with Crippen molar-refractivity contribution in [2.24, 2.45) is 0 Å². The number of anilines is 1. The zero-order chi connectivity index (χ0) is 21.4. The van der Waals surface area contributed by atoms with Gasteiger partial charge in [-0.1, -0.05) is 23.7 Å². The van der Waals surface area contributed by atoms with Gasteiger partial charge in [0.05, 0.1) is 29.0 Å². The number of hydrogen-bond acceptors (Lipinski definition) is 5. The first-order valence-electron chi connectivity index (χ1n) is 9.29. The first kappa shape index (κ1) is 22.9. The highest BCUT2D eigenvalue weighted by Gasteiger charge is 2.18. The molecule has 2 aromatic carbocycles. The Morgan fingerprint density at radius 2 is 2.00 bits per heavy atom. The summed E-state index contributed by atoms with van der Waals surface area (Å²) in [5.41, 5.74) is 7.46. The maximum absolute atomic E-state index is 13.0. The molecule has 6 nitrogen and oxygen atoms in total. The SMILES string of the molecule is CCOc1cc(N)c(Cl)cc1C(=O)NCC(CN(C)Cc1ccc(F)cc1)OC. The molecule has 3 N–H and O–H groups in total. The predicted octanol–water partition coefficient (Wildman–Crippen LogP) is 3.34. The predicted molar refractivity (Wildman–Crippen MR) is 113 cm³/mol. The van der Waals surface area contributed by atoms with E-state index in [1.807, 2.05) is 18.9 Å². The van der Waals surface area contributed by atoms with Gasteiger partial charge in [-0.15, -0.1) is 0 Å². The molecule has 0 aliphatic rings. The number of methoxy groups -OCH3 is 1. The molecule has 0 aliphatic carbocycles. The molecule has 1 unspecified atom stereocenters. The zero-order valence-electron chi connectivity index (χ0n) is 16.9. The minimum Gasteiger partial charge on any atom is -0.493 e. The molecule has 1 amide bonds. The maximum Gasteiger partial charge on any atom is 0.255 e. The van der Waals surface area contributed by atoms with Crippen molar-refractivity contribution in [2.75, 3.05) is 39.6 Å². The van der Waals surface area contributed by atoms with Crippen molar-refractivity contribution in [2.45, 2.75) is 19.6 Å². The van der Waals surface area contributed by atoms with Crippen molar-refractivity contribution in [3.05, 3.63) is 58.4 Å². The second-order valence-corrected chi connectivity index (χ2v) is 7.10. The smallest absolute Gasteiger partial charge is 0.255 e. The van der Waals surface area contributed by atoms with E-state index in [-0.39, 0.29) is 17.8 Å². The second-order valence-electron chi connectivity index (χ2n) is 6.69. The first-order valence-corrected chi connectivity index (χ1v) is 9.67. The number of benzene rings is 2. The largest absolute Gasteiger partial charge is 0.493 e. The van der Waals surface area contributed by atoms with E-state index in [1.165, 1.54) is 18.2 Å². The third-order valence-corrected chi connectivity index (χ3v) is 4.68. The number of halogens is 2. The fourth-order valence-electron chi connectivity index (χ4n) is 2.86. The summed E-state index contributed by atoms with van der Waals surface area (Å²) >= 11 is 6.06. The van der Waals surface area contributed by atoms with Gasteiger partial charge in [-0.25, -0.2) is 4.39 Å². The van der Waals surface area contributed by atoms with Crippen molar-refractivity contribution in [3.63, 3.8) is 0 Å². The number of nitrogens with one attached hydrogen (secondary N) is 1. The highest BCUT2D eigenvalue weighted by Crippen LogP contribution is 2.29. The normalized spacial score (nSPS) is 12.1. The van der Waals surface area contributed by atoms with Gasteiger partial charge in [0.15, 0.2) is 0 Å². The van der Waals surface area contributed by atoms with Gasteiger partial charge in [0.1, 0.15) is 11.6 Å². The quantitative estimate of drug-likeness (QED) is 0.573. The first-order chi connectivity index (χ1) is 13.8. The van der Waals surface area contributed by atoms with Crippen LogP contribution in [0.25, 0.3) is 0 Å². The Balaban J connectivity index is 1.95. The summed E-state index contributed by atoms with van der Waals surface area (Å²) in [5, 5.41) is 3.15. The van der Waals surface area contributed by atoms with Gasteiger partial charge >= 0.3 is 0 Å². The highest BCUT2D eigenvalue weighted by atomic mass is 35.5. The summed E-state index contributed by atoms with van der Waals surface area (Å²) in [4.78, 5) is 14.7. The van der Waals surface area contributed by atoms with E-state index in [1.54, 1.807) is 25.3 Å². The Bertz CT molecular complexity index is 818. The maximum atomic E-state index is 13.0. The Morgan fingerprint density at radius 1 is 1.31 bits per heavy atom. The van der Waals surface area contributed by atoms with E-state index in [4.69, 9.17) is 26.8 Å². The molecule has 0 bridgehead atoms. The monoisotopic (exact) mass is 423 g/mol. The molecule has 0 saturated heterocycles. The van der Waals surface area contributed by atoms with Gasteiger partial charge in [-0.2, -0.15) is 0 Å². The van der Waals surface area contributed by atoms with Crippen LogP contribution in [0, 0.1) is 5.82 Å². The van der Waals surface area contributed by atoms with Crippen LogP contribution in [-0.4, -0.2) is 50.8 Å². The summed E-state index contributed by atoms with van der Waals surface area (Å²) in [6, 6.07) is 9.41. The highest BCUT2D eigenvalue weighted by molar-refractivity contribution is 6.33. The lowest BCUT2D eigenvalue weighted by molar-refractivity contribution is 0.0644. The molecule has 0 saturated carbocycles. The van der Waals surface area contributed by atoms with Crippen LogP contribution in [0.2, 0.25) is 5.02 Å². The Kier molecular flexibility index (Phi) is 8.70. The molecular weight excluding hydrogens is 397 g/mol. The number of nitrogens with two attached hydrogens (primary N) is 1. The molecule has 2 aromatic rings. The van der Waals surface area contributed by atoms with Crippen LogP contribution in [0.5, 0.6) is 5.75 Å². The third kappa shape index (κ3) is 6.88. The average molecular weight is 424 g/mol. The van der Waals surface area contributed by atoms with Crippen LogP contribution in [-0.2, 0) is 11.3 Å². The van der Waals surface area contributed by atoms with Crippen LogP contribution < -0.4 is 15.8 Å². The molecule has 2 rings (SSSR count). The third-order valence-electron chi connectivity index (χ3n) is 4.35. The number of amides is 1. The molecular formula is C21H27ClFN3O3. The standard InChI is InChI=1S/C21H27ClFN3O3/c1-4-29-20-10-19(24)18(22)9-17(20)21(27)25-11-16(28-3)13-26(2)12-14-5-7-15(23)8-6-14/h5-10,16H,4,11-13,24H2,1-3H3,(H,25,27). The number of rotatable bonds is 10. The molecule has 0 aliphatic heterocycles. The fraction of sp³-hybridized carbons (Fsp3) is 0.381. The number of carbonyl (C=O) groups is 1.